The maximum absolute atomic E-state index is 11.0. The van der Waals surface area contributed by atoms with Gasteiger partial charge >= 0.3 is 5.97 Å². The van der Waals surface area contributed by atoms with Crippen molar-refractivity contribution in [2.75, 3.05) is 6.61 Å². The van der Waals surface area contributed by atoms with Crippen LogP contribution in [0.2, 0.25) is 5.02 Å². The molecule has 2 rings (SSSR count). The summed E-state index contributed by atoms with van der Waals surface area (Å²) in [4.78, 5) is 11.0. The Bertz CT molecular complexity index is 568. The van der Waals surface area contributed by atoms with Crippen LogP contribution in [-0.2, 0) is 4.79 Å². The normalized spacial score (nSPS) is 21.5. The Kier molecular flexibility index (Phi) is 5.38. The van der Waals surface area contributed by atoms with Crippen molar-refractivity contribution in [1.29, 1.82) is 0 Å². The molecule has 1 N–H and O–H groups in total. The minimum atomic E-state index is -0.668. The minimum absolute atomic E-state index is 0.163. The van der Waals surface area contributed by atoms with Crippen LogP contribution in [0.5, 0.6) is 5.75 Å². The van der Waals surface area contributed by atoms with Crippen LogP contribution in [0, 0.1) is 25.7 Å². The lowest BCUT2D eigenvalue weighted by Gasteiger charge is -2.21. The van der Waals surface area contributed by atoms with Crippen molar-refractivity contribution < 1.29 is 14.6 Å². The first-order chi connectivity index (χ1) is 10.4. The average Bonchev–Trinajstić information content (AvgIpc) is 3.21. The largest absolute Gasteiger partial charge is 0.493 e. The van der Waals surface area contributed by atoms with Crippen molar-refractivity contribution in [3.63, 3.8) is 0 Å². The van der Waals surface area contributed by atoms with Gasteiger partial charge in [0.15, 0.2) is 0 Å². The van der Waals surface area contributed by atoms with Crippen LogP contribution in [-0.4, -0.2) is 17.7 Å². The fraction of sp³-hybridized carbons (Fsp3) is 0.611. The van der Waals surface area contributed by atoms with E-state index in [-0.39, 0.29) is 17.8 Å². The highest BCUT2D eigenvalue weighted by molar-refractivity contribution is 6.32. The topological polar surface area (TPSA) is 46.5 Å². The molecule has 1 aromatic carbocycles. The van der Waals surface area contributed by atoms with Gasteiger partial charge in [-0.3, -0.25) is 4.79 Å². The lowest BCUT2D eigenvalue weighted by molar-refractivity contribution is -0.138. The summed E-state index contributed by atoms with van der Waals surface area (Å²) in [6, 6.07) is 2.01. The van der Waals surface area contributed by atoms with Crippen molar-refractivity contribution >= 4 is 17.6 Å². The third-order valence-corrected chi connectivity index (χ3v) is 5.12. The van der Waals surface area contributed by atoms with Gasteiger partial charge in [-0.2, -0.15) is 0 Å². The molecule has 22 heavy (non-hydrogen) atoms. The van der Waals surface area contributed by atoms with E-state index in [0.717, 1.165) is 46.7 Å². The number of rotatable bonds is 7. The van der Waals surface area contributed by atoms with E-state index < -0.39 is 5.97 Å². The molecule has 0 heterocycles. The standard InChI is InChI=1S/C18H25ClO3/c1-5-6-22-15-8-11(3)17(19)12(4)16(15)10(2)7-13-9-14(13)18(20)21/h8,10,13-14H,5-7,9H2,1-4H3,(H,20,21). The molecular formula is C18H25ClO3. The summed E-state index contributed by atoms with van der Waals surface area (Å²) in [6.07, 6.45) is 2.63. The van der Waals surface area contributed by atoms with E-state index in [1.807, 2.05) is 19.9 Å². The third kappa shape index (κ3) is 3.57. The molecule has 1 aliphatic carbocycles. The van der Waals surface area contributed by atoms with Crippen LogP contribution in [0.1, 0.15) is 55.7 Å². The molecule has 0 aliphatic heterocycles. The summed E-state index contributed by atoms with van der Waals surface area (Å²) in [5.74, 6) is 0.605. The Hall–Kier alpha value is -1.22. The summed E-state index contributed by atoms with van der Waals surface area (Å²) in [7, 11) is 0. The fourth-order valence-electron chi connectivity index (χ4n) is 3.26. The second-order valence-corrected chi connectivity index (χ2v) is 6.85. The zero-order valence-corrected chi connectivity index (χ0v) is 14.5. The van der Waals surface area contributed by atoms with Crippen LogP contribution in [0.25, 0.3) is 0 Å². The minimum Gasteiger partial charge on any atom is -0.493 e. The number of aliphatic carboxylic acids is 1. The second-order valence-electron chi connectivity index (χ2n) is 6.47. The number of aryl methyl sites for hydroxylation is 1. The number of benzene rings is 1. The smallest absolute Gasteiger partial charge is 0.306 e. The van der Waals surface area contributed by atoms with Gasteiger partial charge < -0.3 is 9.84 Å². The highest BCUT2D eigenvalue weighted by Gasteiger charge is 2.43. The third-order valence-electron chi connectivity index (χ3n) is 4.54. The average molecular weight is 325 g/mol. The Morgan fingerprint density at radius 2 is 2.18 bits per heavy atom. The molecule has 0 radical (unpaired) electrons. The summed E-state index contributed by atoms with van der Waals surface area (Å²) >= 11 is 6.41. The Morgan fingerprint density at radius 1 is 1.50 bits per heavy atom. The monoisotopic (exact) mass is 324 g/mol. The van der Waals surface area contributed by atoms with Gasteiger partial charge in [0.1, 0.15) is 5.75 Å². The predicted octanol–water partition coefficient (Wildman–Crippen LogP) is 4.96. The van der Waals surface area contributed by atoms with E-state index in [2.05, 4.69) is 13.8 Å². The molecule has 0 amide bonds. The Morgan fingerprint density at radius 3 is 2.73 bits per heavy atom. The molecule has 1 fully saturated rings. The number of halogens is 1. The Balaban J connectivity index is 2.23. The quantitative estimate of drug-likeness (QED) is 0.771. The van der Waals surface area contributed by atoms with Gasteiger partial charge in [0.2, 0.25) is 0 Å². The van der Waals surface area contributed by atoms with Gasteiger partial charge in [-0.05, 0) is 62.1 Å². The van der Waals surface area contributed by atoms with Crippen LogP contribution in [0.15, 0.2) is 6.07 Å². The van der Waals surface area contributed by atoms with Gasteiger partial charge in [-0.1, -0.05) is 25.4 Å². The number of hydrogen-bond acceptors (Lipinski definition) is 2. The highest BCUT2D eigenvalue weighted by Crippen LogP contribution is 2.47. The fourth-order valence-corrected chi connectivity index (χ4v) is 3.42. The maximum Gasteiger partial charge on any atom is 0.306 e. The number of carboxylic acids is 1. The van der Waals surface area contributed by atoms with Crippen molar-refractivity contribution in [3.05, 3.63) is 27.8 Å². The molecular weight excluding hydrogens is 300 g/mol. The van der Waals surface area contributed by atoms with Crippen molar-refractivity contribution in [2.45, 2.75) is 52.9 Å². The lowest BCUT2D eigenvalue weighted by atomic mass is 9.89. The van der Waals surface area contributed by atoms with Gasteiger partial charge in [0, 0.05) is 10.6 Å². The van der Waals surface area contributed by atoms with E-state index in [9.17, 15) is 4.79 Å². The number of hydrogen-bond donors (Lipinski definition) is 1. The number of ether oxygens (including phenoxy) is 1. The molecule has 0 saturated heterocycles. The molecule has 3 unspecified atom stereocenters. The summed E-state index contributed by atoms with van der Waals surface area (Å²) in [6.45, 7) is 8.93. The SMILES string of the molecule is CCCOc1cc(C)c(Cl)c(C)c1C(C)CC1CC1C(=O)O. The van der Waals surface area contributed by atoms with Crippen LogP contribution in [0.3, 0.4) is 0 Å². The zero-order valence-electron chi connectivity index (χ0n) is 13.8. The molecule has 0 bridgehead atoms. The first-order valence-corrected chi connectivity index (χ1v) is 8.39. The molecule has 4 heteroatoms. The van der Waals surface area contributed by atoms with E-state index in [0.29, 0.717) is 6.61 Å². The van der Waals surface area contributed by atoms with Crippen molar-refractivity contribution in [3.8, 4) is 5.75 Å². The van der Waals surface area contributed by atoms with Crippen molar-refractivity contribution in [2.24, 2.45) is 11.8 Å². The van der Waals surface area contributed by atoms with Gasteiger partial charge in [0.05, 0.1) is 12.5 Å². The maximum atomic E-state index is 11.0. The zero-order chi connectivity index (χ0) is 16.4. The first kappa shape index (κ1) is 17.1. The van der Waals surface area contributed by atoms with Crippen LogP contribution in [0.4, 0.5) is 0 Å². The first-order valence-electron chi connectivity index (χ1n) is 8.01. The summed E-state index contributed by atoms with van der Waals surface area (Å²) < 4.78 is 5.93. The molecule has 1 aliphatic rings. The summed E-state index contributed by atoms with van der Waals surface area (Å²) in [5.41, 5.74) is 3.23. The van der Waals surface area contributed by atoms with Crippen molar-refractivity contribution in [1.82, 2.24) is 0 Å². The van der Waals surface area contributed by atoms with E-state index in [1.165, 1.54) is 0 Å². The molecule has 3 nitrogen and oxygen atoms in total. The Labute approximate surface area is 137 Å². The second kappa shape index (κ2) is 6.91. The lowest BCUT2D eigenvalue weighted by Crippen LogP contribution is -2.07. The van der Waals surface area contributed by atoms with Crippen LogP contribution < -0.4 is 4.74 Å². The molecule has 3 atom stereocenters. The van der Waals surface area contributed by atoms with Gasteiger partial charge in [0.25, 0.3) is 0 Å². The van der Waals surface area contributed by atoms with Gasteiger partial charge in [-0.15, -0.1) is 0 Å². The van der Waals surface area contributed by atoms with Crippen LogP contribution >= 0.6 is 11.6 Å². The molecule has 0 aromatic heterocycles. The predicted molar refractivity (Wildman–Crippen MR) is 89.0 cm³/mol. The summed E-state index contributed by atoms with van der Waals surface area (Å²) in [5, 5.41) is 9.86. The molecule has 1 saturated carbocycles. The van der Waals surface area contributed by atoms with E-state index in [1.54, 1.807) is 0 Å². The molecule has 122 valence electrons. The highest BCUT2D eigenvalue weighted by atomic mass is 35.5. The molecule has 1 aromatic rings. The van der Waals surface area contributed by atoms with E-state index >= 15 is 0 Å². The van der Waals surface area contributed by atoms with Gasteiger partial charge in [-0.25, -0.2) is 0 Å². The molecule has 0 spiro atoms. The van der Waals surface area contributed by atoms with E-state index in [4.69, 9.17) is 21.4 Å². The number of carboxylic acid groups (broad SMARTS) is 1. The number of carbonyl (C=O) groups is 1.